The van der Waals surface area contributed by atoms with Gasteiger partial charge in [0.1, 0.15) is 17.6 Å². The summed E-state index contributed by atoms with van der Waals surface area (Å²) in [6.07, 6.45) is 0. The number of hydrogen-bond donors (Lipinski definition) is 0. The van der Waals surface area contributed by atoms with Crippen LogP contribution in [0.3, 0.4) is 0 Å². The minimum atomic E-state index is 0.207. The van der Waals surface area contributed by atoms with Gasteiger partial charge in [-0.1, -0.05) is 23.2 Å². The van der Waals surface area contributed by atoms with E-state index in [1.807, 2.05) is 30.1 Å². The average molecular weight is 322 g/mol. The molecule has 108 valence electrons. The Bertz CT molecular complexity index is 698. The number of methoxy groups -OCH3 is 1. The molecule has 4 nitrogen and oxygen atoms in total. The Hall–Kier alpha value is -1.96. The Kier molecular flexibility index (Phi) is 4.89. The molecule has 0 spiro atoms. The second-order valence-electron chi connectivity index (χ2n) is 4.42. The molecule has 1 aromatic carbocycles. The molecular formula is C15H13Cl2N3O. The van der Waals surface area contributed by atoms with Crippen molar-refractivity contribution in [3.8, 4) is 11.8 Å². The largest absolute Gasteiger partial charge is 0.496 e. The molecule has 0 aliphatic heterocycles. The van der Waals surface area contributed by atoms with E-state index in [9.17, 15) is 0 Å². The summed E-state index contributed by atoms with van der Waals surface area (Å²) in [5.74, 6) is 1.40. The zero-order valence-electron chi connectivity index (χ0n) is 11.6. The molecule has 21 heavy (non-hydrogen) atoms. The van der Waals surface area contributed by atoms with Gasteiger partial charge in [0.15, 0.2) is 5.69 Å². The topological polar surface area (TPSA) is 49.1 Å². The first kappa shape index (κ1) is 15.4. The summed E-state index contributed by atoms with van der Waals surface area (Å²) >= 11 is 11.9. The van der Waals surface area contributed by atoms with Gasteiger partial charge in [-0.3, -0.25) is 0 Å². The van der Waals surface area contributed by atoms with Gasteiger partial charge in [-0.05, 0) is 30.3 Å². The fraction of sp³-hybridized carbons (Fsp3) is 0.200. The second kappa shape index (κ2) is 6.66. The highest BCUT2D eigenvalue weighted by atomic mass is 35.5. The van der Waals surface area contributed by atoms with Gasteiger partial charge < -0.3 is 9.64 Å². The average Bonchev–Trinajstić information content (AvgIpc) is 2.48. The fourth-order valence-electron chi connectivity index (χ4n) is 1.93. The first-order valence-corrected chi connectivity index (χ1v) is 6.91. The summed E-state index contributed by atoms with van der Waals surface area (Å²) in [5, 5.41) is 9.96. The van der Waals surface area contributed by atoms with E-state index in [-0.39, 0.29) is 5.69 Å². The van der Waals surface area contributed by atoms with Crippen molar-refractivity contribution < 1.29 is 4.74 Å². The molecule has 0 aliphatic carbocycles. The molecule has 0 radical (unpaired) electrons. The molecule has 0 fully saturated rings. The summed E-state index contributed by atoms with van der Waals surface area (Å²) in [6.45, 7) is 0.545. The zero-order chi connectivity index (χ0) is 15.4. The molecule has 0 saturated heterocycles. The molecule has 6 heteroatoms. The van der Waals surface area contributed by atoms with Crippen LogP contribution >= 0.6 is 23.2 Å². The standard InChI is InChI=1S/C15H13Cl2N3O/c1-20(15-6-4-12(17)13(8-18)19-15)9-10-7-11(16)3-5-14(10)21-2/h3-7H,9H2,1-2H3. The smallest absolute Gasteiger partial charge is 0.161 e. The molecule has 2 aromatic rings. The number of hydrogen-bond acceptors (Lipinski definition) is 4. The van der Waals surface area contributed by atoms with E-state index in [1.54, 1.807) is 25.3 Å². The third kappa shape index (κ3) is 3.57. The quantitative estimate of drug-likeness (QED) is 0.856. The number of ether oxygens (including phenoxy) is 1. The van der Waals surface area contributed by atoms with E-state index >= 15 is 0 Å². The van der Waals surface area contributed by atoms with E-state index in [2.05, 4.69) is 4.98 Å². The van der Waals surface area contributed by atoms with Crippen LogP contribution in [0.5, 0.6) is 5.75 Å². The third-order valence-corrected chi connectivity index (χ3v) is 3.52. The van der Waals surface area contributed by atoms with Gasteiger partial charge >= 0.3 is 0 Å². The molecule has 2 rings (SSSR count). The van der Waals surface area contributed by atoms with Gasteiger partial charge in [-0.25, -0.2) is 4.98 Å². The molecule has 1 heterocycles. The van der Waals surface area contributed by atoms with Gasteiger partial charge in [-0.15, -0.1) is 0 Å². The molecule has 1 aromatic heterocycles. The molecule has 0 N–H and O–H groups in total. The van der Waals surface area contributed by atoms with Crippen molar-refractivity contribution in [1.82, 2.24) is 4.98 Å². The van der Waals surface area contributed by atoms with Gasteiger partial charge in [0.05, 0.1) is 12.1 Å². The number of nitriles is 1. The number of benzene rings is 1. The lowest BCUT2D eigenvalue weighted by molar-refractivity contribution is 0.409. The zero-order valence-corrected chi connectivity index (χ0v) is 13.1. The number of nitrogens with zero attached hydrogens (tertiary/aromatic N) is 3. The third-order valence-electron chi connectivity index (χ3n) is 2.98. The fourth-order valence-corrected chi connectivity index (χ4v) is 2.27. The van der Waals surface area contributed by atoms with E-state index in [0.717, 1.165) is 11.3 Å². The molecule has 0 saturated carbocycles. The first-order valence-electron chi connectivity index (χ1n) is 6.15. The van der Waals surface area contributed by atoms with Crippen molar-refractivity contribution in [2.24, 2.45) is 0 Å². The highest BCUT2D eigenvalue weighted by molar-refractivity contribution is 6.31. The Labute approximate surface area is 133 Å². The molecule has 0 atom stereocenters. The molecular weight excluding hydrogens is 309 g/mol. The van der Waals surface area contributed by atoms with E-state index in [4.69, 9.17) is 33.2 Å². The predicted molar refractivity (Wildman–Crippen MR) is 84.1 cm³/mol. The lowest BCUT2D eigenvalue weighted by atomic mass is 10.2. The van der Waals surface area contributed by atoms with Crippen LogP contribution < -0.4 is 9.64 Å². The van der Waals surface area contributed by atoms with Crippen LogP contribution in [0.25, 0.3) is 0 Å². The summed E-state index contributed by atoms with van der Waals surface area (Å²) < 4.78 is 5.32. The number of halogens is 2. The first-order chi connectivity index (χ1) is 10.0. The van der Waals surface area contributed by atoms with Crippen LogP contribution in [0.2, 0.25) is 10.0 Å². The van der Waals surface area contributed by atoms with Crippen LogP contribution in [0.1, 0.15) is 11.3 Å². The van der Waals surface area contributed by atoms with Gasteiger partial charge in [0, 0.05) is 24.2 Å². The molecule has 0 unspecified atom stereocenters. The number of anilines is 1. The van der Waals surface area contributed by atoms with Crippen LogP contribution in [-0.2, 0) is 6.54 Å². The van der Waals surface area contributed by atoms with Crippen LogP contribution in [0, 0.1) is 11.3 Å². The van der Waals surface area contributed by atoms with E-state index < -0.39 is 0 Å². The van der Waals surface area contributed by atoms with Crippen molar-refractivity contribution in [2.45, 2.75) is 6.54 Å². The predicted octanol–water partition coefficient (Wildman–Crippen LogP) is 3.91. The minimum absolute atomic E-state index is 0.207. The van der Waals surface area contributed by atoms with E-state index in [0.29, 0.717) is 22.4 Å². The maximum atomic E-state index is 8.98. The van der Waals surface area contributed by atoms with Gasteiger partial charge in [0.25, 0.3) is 0 Å². The normalized spacial score (nSPS) is 10.0. The lowest BCUT2D eigenvalue weighted by Crippen LogP contribution is -2.18. The molecule has 0 aliphatic rings. The number of aromatic nitrogens is 1. The summed E-state index contributed by atoms with van der Waals surface area (Å²) in [7, 11) is 3.48. The SMILES string of the molecule is COc1ccc(Cl)cc1CN(C)c1ccc(Cl)c(C#N)n1. The summed E-state index contributed by atoms with van der Waals surface area (Å²) in [4.78, 5) is 6.12. The maximum absolute atomic E-state index is 8.98. The van der Waals surface area contributed by atoms with Crippen LogP contribution in [0.4, 0.5) is 5.82 Å². The number of rotatable bonds is 4. The minimum Gasteiger partial charge on any atom is -0.496 e. The Balaban J connectivity index is 2.28. The summed E-state index contributed by atoms with van der Waals surface area (Å²) in [6, 6.07) is 10.8. The van der Waals surface area contributed by atoms with Gasteiger partial charge in [0.2, 0.25) is 0 Å². The Morgan fingerprint density at radius 1 is 1.29 bits per heavy atom. The maximum Gasteiger partial charge on any atom is 0.161 e. The van der Waals surface area contributed by atoms with Crippen molar-refractivity contribution in [3.63, 3.8) is 0 Å². The Morgan fingerprint density at radius 3 is 2.71 bits per heavy atom. The second-order valence-corrected chi connectivity index (χ2v) is 5.27. The van der Waals surface area contributed by atoms with Gasteiger partial charge in [-0.2, -0.15) is 5.26 Å². The number of pyridine rings is 1. The van der Waals surface area contributed by atoms with Crippen molar-refractivity contribution in [1.29, 1.82) is 5.26 Å². The Morgan fingerprint density at radius 2 is 2.05 bits per heavy atom. The van der Waals surface area contributed by atoms with Crippen molar-refractivity contribution >= 4 is 29.0 Å². The lowest BCUT2D eigenvalue weighted by Gasteiger charge is -2.20. The van der Waals surface area contributed by atoms with E-state index in [1.165, 1.54) is 0 Å². The van der Waals surface area contributed by atoms with Crippen LogP contribution in [-0.4, -0.2) is 19.1 Å². The monoisotopic (exact) mass is 321 g/mol. The van der Waals surface area contributed by atoms with Crippen molar-refractivity contribution in [2.75, 3.05) is 19.1 Å². The highest BCUT2D eigenvalue weighted by Crippen LogP contribution is 2.26. The van der Waals surface area contributed by atoms with Crippen LogP contribution in [0.15, 0.2) is 30.3 Å². The van der Waals surface area contributed by atoms with Crippen molar-refractivity contribution in [3.05, 3.63) is 51.6 Å². The molecule has 0 amide bonds. The summed E-state index contributed by atoms with van der Waals surface area (Å²) in [5.41, 5.74) is 1.14. The molecule has 0 bridgehead atoms. The highest BCUT2D eigenvalue weighted by Gasteiger charge is 2.11.